The average Bonchev–Trinajstić information content (AvgIpc) is 2.71. The Kier molecular flexibility index (Phi) is 3.77. The van der Waals surface area contributed by atoms with Crippen LogP contribution in [-0.2, 0) is 4.74 Å². The third-order valence-electron chi connectivity index (χ3n) is 6.22. The molecule has 0 aromatic carbocycles. The van der Waals surface area contributed by atoms with Crippen molar-refractivity contribution in [2.75, 3.05) is 7.11 Å². The zero-order chi connectivity index (χ0) is 13.5. The van der Waals surface area contributed by atoms with E-state index >= 15 is 0 Å². The molecule has 3 aliphatic carbocycles. The van der Waals surface area contributed by atoms with Crippen molar-refractivity contribution in [3.05, 3.63) is 11.6 Å². The van der Waals surface area contributed by atoms with Gasteiger partial charge in [0.1, 0.15) is 0 Å². The molecule has 1 heteroatoms. The van der Waals surface area contributed by atoms with E-state index < -0.39 is 0 Å². The number of fused-ring (bicyclic) bond motifs is 3. The maximum absolute atomic E-state index is 6.27. The molecule has 3 fully saturated rings. The lowest BCUT2D eigenvalue weighted by Crippen LogP contribution is -2.43. The van der Waals surface area contributed by atoms with Gasteiger partial charge in [-0.1, -0.05) is 37.3 Å². The summed E-state index contributed by atoms with van der Waals surface area (Å²) in [5, 5.41) is 0. The van der Waals surface area contributed by atoms with E-state index in [1.165, 1.54) is 56.9 Å². The molecule has 4 unspecified atom stereocenters. The Labute approximate surface area is 118 Å². The molecule has 3 saturated carbocycles. The molecule has 0 heterocycles. The van der Waals surface area contributed by atoms with E-state index in [1.807, 2.05) is 7.11 Å². The lowest BCUT2D eigenvalue weighted by molar-refractivity contribution is -0.0536. The molecule has 1 nitrogen and oxygen atoms in total. The van der Waals surface area contributed by atoms with Crippen molar-refractivity contribution in [3.63, 3.8) is 0 Å². The van der Waals surface area contributed by atoms with E-state index in [-0.39, 0.29) is 5.60 Å². The molecule has 0 amide bonds. The smallest absolute Gasteiger partial charge is 0.0922 e. The second-order valence-electron chi connectivity index (χ2n) is 7.39. The van der Waals surface area contributed by atoms with Crippen molar-refractivity contribution in [2.24, 2.45) is 23.7 Å². The molecule has 0 N–H and O–H groups in total. The summed E-state index contributed by atoms with van der Waals surface area (Å²) in [6.45, 7) is 4.49. The minimum absolute atomic E-state index is 0.0784. The first-order chi connectivity index (χ1) is 9.19. The fraction of sp³-hybridized carbons (Fsp3) is 0.889. The van der Waals surface area contributed by atoms with Crippen LogP contribution < -0.4 is 0 Å². The van der Waals surface area contributed by atoms with Gasteiger partial charge in [0.15, 0.2) is 0 Å². The lowest BCUT2D eigenvalue weighted by atomic mass is 9.73. The summed E-state index contributed by atoms with van der Waals surface area (Å²) in [6.07, 6.45) is 14.0. The first-order valence-electron chi connectivity index (χ1n) is 8.40. The molecule has 108 valence electrons. The summed E-state index contributed by atoms with van der Waals surface area (Å²) in [7, 11) is 1.97. The number of rotatable bonds is 2. The molecule has 0 aliphatic heterocycles. The summed E-state index contributed by atoms with van der Waals surface area (Å²) < 4.78 is 6.27. The molecular formula is C18H30O. The molecule has 19 heavy (non-hydrogen) atoms. The topological polar surface area (TPSA) is 9.23 Å². The van der Waals surface area contributed by atoms with E-state index in [0.29, 0.717) is 0 Å². The number of ether oxygens (including phenoxy) is 1. The van der Waals surface area contributed by atoms with Crippen LogP contribution in [0.15, 0.2) is 11.6 Å². The first kappa shape index (κ1) is 13.7. The van der Waals surface area contributed by atoms with Gasteiger partial charge in [0.05, 0.1) is 5.60 Å². The molecule has 4 atom stereocenters. The number of allylic oxidation sites excluding steroid dienone is 1. The number of hydrogen-bond acceptors (Lipinski definition) is 1. The van der Waals surface area contributed by atoms with Crippen molar-refractivity contribution in [1.82, 2.24) is 0 Å². The Balaban J connectivity index is 2.01. The largest absolute Gasteiger partial charge is 0.374 e. The predicted molar refractivity (Wildman–Crippen MR) is 80.1 cm³/mol. The summed E-state index contributed by atoms with van der Waals surface area (Å²) in [6, 6.07) is 0. The molecule has 0 saturated heterocycles. The van der Waals surface area contributed by atoms with Crippen LogP contribution in [0.5, 0.6) is 0 Å². The lowest BCUT2D eigenvalue weighted by Gasteiger charge is -2.40. The minimum atomic E-state index is 0.0784. The van der Waals surface area contributed by atoms with Crippen LogP contribution in [0.3, 0.4) is 0 Å². The van der Waals surface area contributed by atoms with Crippen LogP contribution in [0.1, 0.15) is 65.2 Å². The van der Waals surface area contributed by atoms with Gasteiger partial charge in [-0.15, -0.1) is 0 Å². The van der Waals surface area contributed by atoms with Gasteiger partial charge in [0.25, 0.3) is 0 Å². The van der Waals surface area contributed by atoms with Crippen molar-refractivity contribution >= 4 is 0 Å². The van der Waals surface area contributed by atoms with E-state index in [1.54, 1.807) is 0 Å². The number of hydrogen-bond donors (Lipinski definition) is 0. The highest BCUT2D eigenvalue weighted by Gasteiger charge is 2.59. The van der Waals surface area contributed by atoms with Gasteiger partial charge >= 0.3 is 0 Å². The Hall–Kier alpha value is -0.300. The van der Waals surface area contributed by atoms with Crippen LogP contribution in [0.4, 0.5) is 0 Å². The van der Waals surface area contributed by atoms with Crippen LogP contribution >= 0.6 is 0 Å². The fourth-order valence-electron chi connectivity index (χ4n) is 5.77. The van der Waals surface area contributed by atoms with E-state index in [9.17, 15) is 0 Å². The molecular weight excluding hydrogens is 232 g/mol. The zero-order valence-electron chi connectivity index (χ0n) is 13.0. The highest BCUT2D eigenvalue weighted by Crippen LogP contribution is 2.61. The van der Waals surface area contributed by atoms with E-state index in [2.05, 4.69) is 19.9 Å². The molecule has 0 radical (unpaired) electrons. The summed E-state index contributed by atoms with van der Waals surface area (Å²) in [5.74, 6) is 3.51. The van der Waals surface area contributed by atoms with Crippen LogP contribution in [0.2, 0.25) is 0 Å². The minimum Gasteiger partial charge on any atom is -0.374 e. The Bertz CT molecular complexity index is 331. The van der Waals surface area contributed by atoms with Crippen molar-refractivity contribution in [2.45, 2.75) is 70.8 Å². The second-order valence-corrected chi connectivity index (χ2v) is 7.39. The van der Waals surface area contributed by atoms with E-state index in [4.69, 9.17) is 4.74 Å². The van der Waals surface area contributed by atoms with Crippen molar-refractivity contribution < 1.29 is 4.74 Å². The van der Waals surface area contributed by atoms with Gasteiger partial charge in [-0.05, 0) is 63.2 Å². The average molecular weight is 262 g/mol. The SMILES string of the molecule is COC1(C=C(C)C)C2CCCCC2C2CCCCC21. The van der Waals surface area contributed by atoms with Gasteiger partial charge in [-0.3, -0.25) is 0 Å². The third-order valence-corrected chi connectivity index (χ3v) is 6.22. The monoisotopic (exact) mass is 262 g/mol. The normalized spacial score (nSPS) is 45.4. The zero-order valence-corrected chi connectivity index (χ0v) is 13.0. The Morgan fingerprint density at radius 1 is 0.895 bits per heavy atom. The van der Waals surface area contributed by atoms with Crippen LogP contribution in [-0.4, -0.2) is 12.7 Å². The van der Waals surface area contributed by atoms with Gasteiger partial charge < -0.3 is 4.74 Å². The molecule has 0 spiro atoms. The maximum atomic E-state index is 6.27. The Morgan fingerprint density at radius 3 is 1.79 bits per heavy atom. The quantitative estimate of drug-likeness (QED) is 0.639. The highest BCUT2D eigenvalue weighted by molar-refractivity contribution is 5.21. The second kappa shape index (κ2) is 5.24. The van der Waals surface area contributed by atoms with Gasteiger partial charge in [0.2, 0.25) is 0 Å². The summed E-state index contributed by atoms with van der Waals surface area (Å²) in [5.41, 5.74) is 1.52. The van der Waals surface area contributed by atoms with Crippen LogP contribution in [0.25, 0.3) is 0 Å². The summed E-state index contributed by atoms with van der Waals surface area (Å²) in [4.78, 5) is 0. The van der Waals surface area contributed by atoms with E-state index in [0.717, 1.165) is 23.7 Å². The molecule has 3 rings (SSSR count). The molecule has 0 bridgehead atoms. The third kappa shape index (κ3) is 2.09. The van der Waals surface area contributed by atoms with Crippen LogP contribution in [0, 0.1) is 23.7 Å². The van der Waals surface area contributed by atoms with Gasteiger partial charge in [0, 0.05) is 7.11 Å². The Morgan fingerprint density at radius 2 is 1.37 bits per heavy atom. The van der Waals surface area contributed by atoms with Crippen molar-refractivity contribution in [3.8, 4) is 0 Å². The van der Waals surface area contributed by atoms with Gasteiger partial charge in [-0.25, -0.2) is 0 Å². The number of methoxy groups -OCH3 is 1. The first-order valence-corrected chi connectivity index (χ1v) is 8.40. The predicted octanol–water partition coefficient (Wildman–Crippen LogP) is 4.96. The molecule has 0 aromatic rings. The standard InChI is InChI=1S/C18H30O/c1-13(2)12-18(19-3)16-10-6-4-8-14(16)15-9-5-7-11-17(15)18/h12,14-17H,4-11H2,1-3H3. The fourth-order valence-corrected chi connectivity index (χ4v) is 5.77. The van der Waals surface area contributed by atoms with Gasteiger partial charge in [-0.2, -0.15) is 0 Å². The summed E-state index contributed by atoms with van der Waals surface area (Å²) >= 11 is 0. The highest BCUT2D eigenvalue weighted by atomic mass is 16.5. The maximum Gasteiger partial charge on any atom is 0.0922 e. The van der Waals surface area contributed by atoms with Crippen molar-refractivity contribution in [1.29, 1.82) is 0 Å². The molecule has 3 aliphatic rings. The molecule has 0 aromatic heterocycles.